The number of nitrogens with zero attached hydrogens (tertiary/aromatic N) is 2. The summed E-state index contributed by atoms with van der Waals surface area (Å²) in [4.78, 5) is 4.26. The second kappa shape index (κ2) is 7.07. The molecular formula is C13H25N3S. The molecule has 0 aliphatic heterocycles. The van der Waals surface area contributed by atoms with Gasteiger partial charge in [0.25, 0.3) is 0 Å². The van der Waals surface area contributed by atoms with Gasteiger partial charge in [0.2, 0.25) is 0 Å². The SMILES string of the molecule is CSCCC(C)n1cncc1C(N)CC(C)C. The molecule has 1 rings (SSSR count). The van der Waals surface area contributed by atoms with Crippen LogP contribution in [0.5, 0.6) is 0 Å². The smallest absolute Gasteiger partial charge is 0.0951 e. The van der Waals surface area contributed by atoms with Crippen LogP contribution >= 0.6 is 11.8 Å². The number of imidazole rings is 1. The Labute approximate surface area is 109 Å². The average molecular weight is 255 g/mol. The molecule has 0 aromatic carbocycles. The van der Waals surface area contributed by atoms with Crippen LogP contribution in [0.25, 0.3) is 0 Å². The van der Waals surface area contributed by atoms with Crippen molar-refractivity contribution in [1.29, 1.82) is 0 Å². The zero-order valence-electron chi connectivity index (χ0n) is 11.4. The van der Waals surface area contributed by atoms with Gasteiger partial charge in [-0.3, -0.25) is 0 Å². The van der Waals surface area contributed by atoms with E-state index in [1.165, 1.54) is 17.9 Å². The molecule has 4 heteroatoms. The van der Waals surface area contributed by atoms with Crippen LogP contribution in [-0.2, 0) is 0 Å². The lowest BCUT2D eigenvalue weighted by Crippen LogP contribution is -2.19. The summed E-state index contributed by atoms with van der Waals surface area (Å²) in [5.74, 6) is 1.80. The topological polar surface area (TPSA) is 43.8 Å². The maximum Gasteiger partial charge on any atom is 0.0951 e. The Kier molecular flexibility index (Phi) is 6.06. The van der Waals surface area contributed by atoms with Gasteiger partial charge in [0, 0.05) is 18.3 Å². The van der Waals surface area contributed by atoms with Gasteiger partial charge in [-0.15, -0.1) is 0 Å². The van der Waals surface area contributed by atoms with Gasteiger partial charge in [-0.1, -0.05) is 13.8 Å². The van der Waals surface area contributed by atoms with Crippen molar-refractivity contribution in [2.45, 2.75) is 45.7 Å². The molecule has 0 spiro atoms. The molecule has 0 bridgehead atoms. The fraction of sp³-hybridized carbons (Fsp3) is 0.769. The normalized spacial score (nSPS) is 15.2. The summed E-state index contributed by atoms with van der Waals surface area (Å²) in [7, 11) is 0. The first kappa shape index (κ1) is 14.6. The number of aromatic nitrogens is 2. The van der Waals surface area contributed by atoms with Crippen molar-refractivity contribution < 1.29 is 0 Å². The molecule has 2 N–H and O–H groups in total. The van der Waals surface area contributed by atoms with Crippen LogP contribution in [0.2, 0.25) is 0 Å². The minimum Gasteiger partial charge on any atom is -0.330 e. The van der Waals surface area contributed by atoms with Gasteiger partial charge in [0.15, 0.2) is 0 Å². The standard InChI is InChI=1S/C13H25N3S/c1-10(2)7-12(14)13-8-15-9-16(13)11(3)5-6-17-4/h8-12H,5-7,14H2,1-4H3. The second-order valence-corrected chi connectivity index (χ2v) is 6.08. The summed E-state index contributed by atoms with van der Waals surface area (Å²) in [6, 6.07) is 0.590. The zero-order chi connectivity index (χ0) is 12.8. The first-order chi connectivity index (χ1) is 8.06. The highest BCUT2D eigenvalue weighted by Gasteiger charge is 2.16. The number of thioether (sulfide) groups is 1. The lowest BCUT2D eigenvalue weighted by atomic mass is 10.0. The van der Waals surface area contributed by atoms with Crippen molar-refractivity contribution in [3.63, 3.8) is 0 Å². The molecule has 0 saturated carbocycles. The van der Waals surface area contributed by atoms with Crippen LogP contribution in [0.15, 0.2) is 12.5 Å². The minimum absolute atomic E-state index is 0.106. The number of rotatable bonds is 7. The highest BCUT2D eigenvalue weighted by Crippen LogP contribution is 2.23. The van der Waals surface area contributed by atoms with Crippen molar-refractivity contribution in [3.05, 3.63) is 18.2 Å². The first-order valence-corrected chi connectivity index (χ1v) is 7.71. The molecule has 0 radical (unpaired) electrons. The van der Waals surface area contributed by atoms with E-state index >= 15 is 0 Å². The van der Waals surface area contributed by atoms with Crippen LogP contribution in [0, 0.1) is 5.92 Å². The molecule has 2 atom stereocenters. The average Bonchev–Trinajstić information content (AvgIpc) is 2.73. The maximum absolute atomic E-state index is 6.24. The third-order valence-electron chi connectivity index (χ3n) is 3.02. The van der Waals surface area contributed by atoms with Gasteiger partial charge in [-0.2, -0.15) is 11.8 Å². The van der Waals surface area contributed by atoms with Gasteiger partial charge in [0.05, 0.1) is 12.0 Å². The quantitative estimate of drug-likeness (QED) is 0.813. The van der Waals surface area contributed by atoms with Crippen LogP contribution in [0.3, 0.4) is 0 Å². The van der Waals surface area contributed by atoms with Crippen molar-refractivity contribution in [3.8, 4) is 0 Å². The number of hydrogen-bond donors (Lipinski definition) is 1. The fourth-order valence-corrected chi connectivity index (χ4v) is 2.60. The highest BCUT2D eigenvalue weighted by atomic mass is 32.2. The number of hydrogen-bond acceptors (Lipinski definition) is 3. The van der Waals surface area contributed by atoms with Crippen LogP contribution in [0.4, 0.5) is 0 Å². The van der Waals surface area contributed by atoms with Crippen molar-refractivity contribution in [2.75, 3.05) is 12.0 Å². The second-order valence-electron chi connectivity index (χ2n) is 5.09. The lowest BCUT2D eigenvalue weighted by Gasteiger charge is -2.20. The fourth-order valence-electron chi connectivity index (χ4n) is 2.03. The van der Waals surface area contributed by atoms with Gasteiger partial charge >= 0.3 is 0 Å². The molecule has 98 valence electrons. The van der Waals surface area contributed by atoms with E-state index in [1.54, 1.807) is 0 Å². The van der Waals surface area contributed by atoms with Gasteiger partial charge < -0.3 is 10.3 Å². The Balaban J connectivity index is 2.70. The summed E-state index contributed by atoms with van der Waals surface area (Å²) >= 11 is 1.89. The third kappa shape index (κ3) is 4.36. The van der Waals surface area contributed by atoms with Gasteiger partial charge in [-0.05, 0) is 37.7 Å². The van der Waals surface area contributed by atoms with Crippen LogP contribution in [-0.4, -0.2) is 21.6 Å². The van der Waals surface area contributed by atoms with Gasteiger partial charge in [-0.25, -0.2) is 4.98 Å². The largest absolute Gasteiger partial charge is 0.330 e. The maximum atomic E-state index is 6.24. The van der Waals surface area contributed by atoms with E-state index in [-0.39, 0.29) is 6.04 Å². The molecule has 17 heavy (non-hydrogen) atoms. The summed E-state index contributed by atoms with van der Waals surface area (Å²) in [6.07, 6.45) is 8.16. The Morgan fingerprint density at radius 2 is 2.12 bits per heavy atom. The van der Waals surface area contributed by atoms with E-state index in [1.807, 2.05) is 24.3 Å². The minimum atomic E-state index is 0.106. The van der Waals surface area contributed by atoms with E-state index in [9.17, 15) is 0 Å². The predicted octanol–water partition coefficient (Wildman–Crippen LogP) is 3.24. The Morgan fingerprint density at radius 3 is 2.71 bits per heavy atom. The summed E-state index contributed by atoms with van der Waals surface area (Å²) in [6.45, 7) is 6.65. The van der Waals surface area contributed by atoms with E-state index < -0.39 is 0 Å². The lowest BCUT2D eigenvalue weighted by molar-refractivity contribution is 0.452. The molecule has 0 aliphatic carbocycles. The molecule has 1 aromatic rings. The molecule has 0 saturated heterocycles. The van der Waals surface area contributed by atoms with Gasteiger partial charge in [0.1, 0.15) is 0 Å². The molecular weight excluding hydrogens is 230 g/mol. The van der Waals surface area contributed by atoms with Crippen LogP contribution in [0.1, 0.15) is 51.4 Å². The molecule has 0 fully saturated rings. The molecule has 2 unspecified atom stereocenters. The van der Waals surface area contributed by atoms with Crippen LogP contribution < -0.4 is 5.73 Å². The summed E-state index contributed by atoms with van der Waals surface area (Å²) in [5.41, 5.74) is 7.42. The Morgan fingerprint density at radius 1 is 1.41 bits per heavy atom. The molecule has 1 aromatic heterocycles. The summed E-state index contributed by atoms with van der Waals surface area (Å²) < 4.78 is 2.24. The molecule has 0 amide bonds. The van der Waals surface area contributed by atoms with Crippen molar-refractivity contribution >= 4 is 11.8 Å². The van der Waals surface area contributed by atoms with E-state index in [4.69, 9.17) is 5.73 Å². The first-order valence-electron chi connectivity index (χ1n) is 6.32. The molecule has 1 heterocycles. The Bertz CT molecular complexity index is 322. The Hall–Kier alpha value is -0.480. The van der Waals surface area contributed by atoms with E-state index in [2.05, 4.69) is 36.6 Å². The van der Waals surface area contributed by atoms with Crippen molar-refractivity contribution in [2.24, 2.45) is 11.7 Å². The zero-order valence-corrected chi connectivity index (χ0v) is 12.2. The monoisotopic (exact) mass is 255 g/mol. The summed E-state index contributed by atoms with van der Waals surface area (Å²) in [5, 5.41) is 0. The highest BCUT2D eigenvalue weighted by molar-refractivity contribution is 7.98. The molecule has 3 nitrogen and oxygen atoms in total. The predicted molar refractivity (Wildman–Crippen MR) is 76.3 cm³/mol. The van der Waals surface area contributed by atoms with E-state index in [0.29, 0.717) is 12.0 Å². The van der Waals surface area contributed by atoms with Crippen molar-refractivity contribution in [1.82, 2.24) is 9.55 Å². The van der Waals surface area contributed by atoms with E-state index in [0.717, 1.165) is 6.42 Å². The number of nitrogens with two attached hydrogens (primary N) is 1. The molecule has 0 aliphatic rings. The third-order valence-corrected chi connectivity index (χ3v) is 3.66.